The zero-order chi connectivity index (χ0) is 17.4. The van der Waals surface area contributed by atoms with Gasteiger partial charge < -0.3 is 10.6 Å². The summed E-state index contributed by atoms with van der Waals surface area (Å²) in [5.41, 5.74) is 0.813. The molecule has 0 bridgehead atoms. The lowest BCUT2D eigenvalue weighted by atomic mass is 10.2. The third-order valence-corrected chi connectivity index (χ3v) is 3.48. The average Bonchev–Trinajstić information content (AvgIpc) is 2.61. The highest BCUT2D eigenvalue weighted by Gasteiger charge is 2.11. The smallest absolute Gasteiger partial charge is 0.321 e. The van der Waals surface area contributed by atoms with Crippen molar-refractivity contribution < 1.29 is 14.0 Å². The summed E-state index contributed by atoms with van der Waals surface area (Å²) in [5.74, 6) is -1.01. The van der Waals surface area contributed by atoms with Crippen LogP contribution in [-0.2, 0) is 0 Å². The summed E-state index contributed by atoms with van der Waals surface area (Å²) in [5, 5.41) is 5.40. The van der Waals surface area contributed by atoms with E-state index in [2.05, 4.69) is 10.6 Å². The van der Waals surface area contributed by atoms with Crippen molar-refractivity contribution in [1.29, 1.82) is 0 Å². The van der Waals surface area contributed by atoms with E-state index < -0.39 is 11.7 Å². The molecule has 0 heterocycles. The number of rotatable bonds is 6. The van der Waals surface area contributed by atoms with E-state index in [9.17, 15) is 14.0 Å². The van der Waals surface area contributed by atoms with Gasteiger partial charge in [-0.25, -0.2) is 9.18 Å². The molecule has 2 aromatic carbocycles. The van der Waals surface area contributed by atoms with Gasteiger partial charge in [0, 0.05) is 25.8 Å². The lowest BCUT2D eigenvalue weighted by Gasteiger charge is -2.18. The van der Waals surface area contributed by atoms with Crippen molar-refractivity contribution in [3.63, 3.8) is 0 Å². The lowest BCUT2D eigenvalue weighted by molar-refractivity contribution is 0.0949. The van der Waals surface area contributed by atoms with E-state index in [1.807, 2.05) is 30.3 Å². The van der Waals surface area contributed by atoms with Crippen LogP contribution in [0.1, 0.15) is 16.8 Å². The van der Waals surface area contributed by atoms with Crippen LogP contribution in [0.15, 0.2) is 54.6 Å². The monoisotopic (exact) mass is 329 g/mol. The third kappa shape index (κ3) is 4.81. The molecular formula is C18H20FN3O2. The van der Waals surface area contributed by atoms with Gasteiger partial charge >= 0.3 is 6.03 Å². The number of carbonyl (C=O) groups is 2. The molecule has 2 N–H and O–H groups in total. The van der Waals surface area contributed by atoms with Crippen molar-refractivity contribution in [3.05, 3.63) is 66.0 Å². The van der Waals surface area contributed by atoms with Gasteiger partial charge in [-0.15, -0.1) is 0 Å². The normalized spacial score (nSPS) is 10.1. The van der Waals surface area contributed by atoms with Crippen LogP contribution in [0.25, 0.3) is 0 Å². The van der Waals surface area contributed by atoms with Crippen LogP contribution in [0.3, 0.4) is 0 Å². The molecule has 0 atom stereocenters. The zero-order valence-corrected chi connectivity index (χ0v) is 13.5. The molecule has 0 aliphatic carbocycles. The van der Waals surface area contributed by atoms with Crippen LogP contribution in [0.2, 0.25) is 0 Å². The Morgan fingerprint density at radius 1 is 0.958 bits per heavy atom. The van der Waals surface area contributed by atoms with Gasteiger partial charge in [-0.3, -0.25) is 9.69 Å². The van der Waals surface area contributed by atoms with Crippen molar-refractivity contribution >= 4 is 17.6 Å². The molecule has 0 saturated carbocycles. The molecule has 0 aliphatic rings. The topological polar surface area (TPSA) is 61.4 Å². The van der Waals surface area contributed by atoms with Crippen LogP contribution in [-0.4, -0.2) is 32.1 Å². The number of nitrogens with one attached hydrogen (secondary N) is 2. The molecule has 24 heavy (non-hydrogen) atoms. The molecule has 5 nitrogen and oxygen atoms in total. The van der Waals surface area contributed by atoms with Crippen LogP contribution >= 0.6 is 0 Å². The zero-order valence-electron chi connectivity index (χ0n) is 13.5. The fourth-order valence-corrected chi connectivity index (χ4v) is 2.11. The predicted molar refractivity (Wildman–Crippen MR) is 91.6 cm³/mol. The van der Waals surface area contributed by atoms with Gasteiger partial charge in [-0.05, 0) is 30.7 Å². The molecule has 126 valence electrons. The van der Waals surface area contributed by atoms with E-state index in [1.165, 1.54) is 23.1 Å². The molecule has 2 rings (SSSR count). The summed E-state index contributed by atoms with van der Waals surface area (Å²) in [6.45, 7) is 0.760. The predicted octanol–water partition coefficient (Wildman–Crippen LogP) is 2.79. The van der Waals surface area contributed by atoms with Crippen LogP contribution in [0.5, 0.6) is 0 Å². The van der Waals surface area contributed by atoms with E-state index in [4.69, 9.17) is 0 Å². The second-order valence-corrected chi connectivity index (χ2v) is 5.22. The summed E-state index contributed by atoms with van der Waals surface area (Å²) in [4.78, 5) is 25.3. The Hall–Kier alpha value is -2.89. The maximum Gasteiger partial charge on any atom is 0.321 e. The fourth-order valence-electron chi connectivity index (χ4n) is 2.11. The van der Waals surface area contributed by atoms with Crippen LogP contribution in [0, 0.1) is 5.82 Å². The number of amides is 3. The van der Waals surface area contributed by atoms with E-state index in [1.54, 1.807) is 13.1 Å². The van der Waals surface area contributed by atoms with Crippen molar-refractivity contribution in [2.45, 2.75) is 6.42 Å². The molecule has 0 spiro atoms. The SMILES string of the molecule is CN(C(=O)NCCCNC(=O)c1ccccc1F)c1ccccc1. The number of nitrogens with zero attached hydrogens (tertiary/aromatic N) is 1. The number of anilines is 1. The summed E-state index contributed by atoms with van der Waals surface area (Å²) in [6.07, 6.45) is 0.550. The Kier molecular flexibility index (Phi) is 6.31. The van der Waals surface area contributed by atoms with Gasteiger partial charge in [-0.2, -0.15) is 0 Å². The maximum absolute atomic E-state index is 13.4. The Labute approximate surface area is 140 Å². The van der Waals surface area contributed by atoms with Gasteiger partial charge in [0.2, 0.25) is 0 Å². The number of carbonyl (C=O) groups excluding carboxylic acids is 2. The third-order valence-electron chi connectivity index (χ3n) is 3.48. The van der Waals surface area contributed by atoms with Gasteiger partial charge in [0.15, 0.2) is 0 Å². The molecule has 6 heteroatoms. The van der Waals surface area contributed by atoms with Crippen molar-refractivity contribution in [3.8, 4) is 0 Å². The van der Waals surface area contributed by atoms with Gasteiger partial charge in [0.05, 0.1) is 5.56 Å². The first-order valence-electron chi connectivity index (χ1n) is 7.69. The van der Waals surface area contributed by atoms with Gasteiger partial charge in [-0.1, -0.05) is 30.3 Å². The number of hydrogen-bond acceptors (Lipinski definition) is 2. The molecule has 3 amide bonds. The minimum Gasteiger partial charge on any atom is -0.352 e. The largest absolute Gasteiger partial charge is 0.352 e. The maximum atomic E-state index is 13.4. The second-order valence-electron chi connectivity index (χ2n) is 5.22. The number of benzene rings is 2. The minimum atomic E-state index is -0.548. The highest BCUT2D eigenvalue weighted by atomic mass is 19.1. The van der Waals surface area contributed by atoms with Crippen molar-refractivity contribution in [2.24, 2.45) is 0 Å². The molecule has 2 aromatic rings. The summed E-state index contributed by atoms with van der Waals surface area (Å²) < 4.78 is 13.4. The Balaban J connectivity index is 1.69. The quantitative estimate of drug-likeness (QED) is 0.801. The Morgan fingerprint density at radius 2 is 1.58 bits per heavy atom. The van der Waals surface area contributed by atoms with Crippen molar-refractivity contribution in [1.82, 2.24) is 10.6 Å². The Morgan fingerprint density at radius 3 is 2.29 bits per heavy atom. The molecule has 0 radical (unpaired) electrons. The number of halogens is 1. The highest BCUT2D eigenvalue weighted by molar-refractivity contribution is 5.94. The molecule has 0 fully saturated rings. The van der Waals surface area contributed by atoms with Crippen LogP contribution < -0.4 is 15.5 Å². The average molecular weight is 329 g/mol. The highest BCUT2D eigenvalue weighted by Crippen LogP contribution is 2.10. The van der Waals surface area contributed by atoms with Gasteiger partial charge in [0.1, 0.15) is 5.82 Å². The van der Waals surface area contributed by atoms with E-state index in [0.29, 0.717) is 19.5 Å². The van der Waals surface area contributed by atoms with E-state index >= 15 is 0 Å². The molecular weight excluding hydrogens is 309 g/mol. The van der Waals surface area contributed by atoms with Crippen molar-refractivity contribution in [2.75, 3.05) is 25.0 Å². The molecule has 0 aromatic heterocycles. The first-order chi connectivity index (χ1) is 11.6. The first-order valence-corrected chi connectivity index (χ1v) is 7.69. The summed E-state index contributed by atoms with van der Waals surface area (Å²) >= 11 is 0. The fraction of sp³-hybridized carbons (Fsp3) is 0.222. The van der Waals surface area contributed by atoms with E-state index in [0.717, 1.165) is 5.69 Å². The Bertz CT molecular complexity index is 692. The summed E-state index contributed by atoms with van der Waals surface area (Å²) in [6, 6.07) is 14.9. The first kappa shape index (κ1) is 17.5. The second kappa shape index (κ2) is 8.67. The summed E-state index contributed by atoms with van der Waals surface area (Å²) in [7, 11) is 1.69. The molecule has 0 unspecified atom stereocenters. The van der Waals surface area contributed by atoms with E-state index in [-0.39, 0.29) is 11.6 Å². The standard InChI is InChI=1S/C18H20FN3O2/c1-22(14-8-3-2-4-9-14)18(24)21-13-7-12-20-17(23)15-10-5-6-11-16(15)19/h2-6,8-11H,7,12-13H2,1H3,(H,20,23)(H,21,24). The van der Waals surface area contributed by atoms with Gasteiger partial charge in [0.25, 0.3) is 5.91 Å². The molecule has 0 aliphatic heterocycles. The number of urea groups is 1. The lowest BCUT2D eigenvalue weighted by Crippen LogP contribution is -2.38. The van der Waals surface area contributed by atoms with Crippen LogP contribution in [0.4, 0.5) is 14.9 Å². The number of para-hydroxylation sites is 1. The minimum absolute atomic E-state index is 0.0188. The number of hydrogen-bond donors (Lipinski definition) is 2. The molecule has 0 saturated heterocycles.